The Hall–Kier alpha value is -1.63. The molecule has 0 saturated carbocycles. The van der Waals surface area contributed by atoms with Gasteiger partial charge in [-0.3, -0.25) is 14.3 Å². The molecule has 1 fully saturated rings. The number of aliphatic hydroxyl groups is 3. The van der Waals surface area contributed by atoms with Crippen LogP contribution in [0.4, 0.5) is 0 Å². The molecule has 0 spiro atoms. The molecule has 0 aromatic carbocycles. The van der Waals surface area contributed by atoms with E-state index >= 15 is 0 Å². The lowest BCUT2D eigenvalue weighted by atomic mass is 9.93. The number of nitrogens with one attached hydrogen (secondary N) is 1. The van der Waals surface area contributed by atoms with E-state index in [1.807, 2.05) is 10.4 Å². The third-order valence-corrected chi connectivity index (χ3v) is 3.65. The average molecular weight is 331 g/mol. The molecule has 1 aromatic rings. The van der Waals surface area contributed by atoms with E-state index in [0.29, 0.717) is 0 Å². The second kappa shape index (κ2) is 5.87. The van der Waals surface area contributed by atoms with Crippen molar-refractivity contribution in [3.63, 3.8) is 0 Å². The lowest BCUT2D eigenvalue weighted by Crippen LogP contribution is -2.49. The molecule has 9 heteroatoms. The predicted octanol–water partition coefficient (Wildman–Crippen LogP) is -1.59. The summed E-state index contributed by atoms with van der Waals surface area (Å²) < 4.78 is 6.36. The molecule has 0 amide bonds. The predicted molar refractivity (Wildman–Crippen MR) is 76.2 cm³/mol. The van der Waals surface area contributed by atoms with Crippen LogP contribution in [-0.2, 0) is 4.74 Å². The van der Waals surface area contributed by atoms with Crippen molar-refractivity contribution in [2.24, 2.45) is 0 Å². The van der Waals surface area contributed by atoms with Crippen LogP contribution in [-0.4, -0.2) is 48.8 Å². The third kappa shape index (κ3) is 2.58. The molecule has 0 radical (unpaired) electrons. The zero-order valence-electron chi connectivity index (χ0n) is 11.8. The number of hydrogen-bond donors (Lipinski definition) is 4. The van der Waals surface area contributed by atoms with Gasteiger partial charge in [0.05, 0.1) is 6.10 Å². The fourth-order valence-corrected chi connectivity index (χ4v) is 2.63. The quantitative estimate of drug-likeness (QED) is 0.485. The Morgan fingerprint density at radius 2 is 2.18 bits per heavy atom. The number of aromatic amines is 1. The van der Waals surface area contributed by atoms with Crippen LogP contribution >= 0.6 is 11.6 Å². The summed E-state index contributed by atoms with van der Waals surface area (Å²) in [6.07, 6.45) is -5.38. The van der Waals surface area contributed by atoms with Gasteiger partial charge < -0.3 is 20.1 Å². The van der Waals surface area contributed by atoms with Crippen LogP contribution in [0, 0.1) is 18.2 Å². The van der Waals surface area contributed by atoms with Crippen molar-refractivity contribution in [1.82, 2.24) is 9.55 Å². The van der Waals surface area contributed by atoms with E-state index in [1.54, 1.807) is 0 Å². The molecule has 1 aromatic heterocycles. The van der Waals surface area contributed by atoms with E-state index in [-0.39, 0.29) is 5.69 Å². The third-order valence-electron chi connectivity index (χ3n) is 3.55. The molecule has 5 atom stereocenters. The van der Waals surface area contributed by atoms with Crippen molar-refractivity contribution in [1.29, 1.82) is 0 Å². The Labute approximate surface area is 129 Å². The van der Waals surface area contributed by atoms with Gasteiger partial charge in [-0.2, -0.15) is 0 Å². The first-order valence-corrected chi connectivity index (χ1v) is 6.79. The van der Waals surface area contributed by atoms with Crippen molar-refractivity contribution in [3.05, 3.63) is 32.6 Å². The standard InChI is InChI=1S/C13H15ClN2O6/c1-6-5-8(18)15-12(20)16(6)11-13(21,3-4-14)10(19)9(22-11)7(2)17/h5,7,9-11,17,19,21H,1-2H3,(H,15,18,20)/t7-,9-,10+,11-,13?/m1/s1. The number of aromatic nitrogens is 2. The topological polar surface area (TPSA) is 125 Å². The SMILES string of the molecule is Cc1cc(=O)[nH]c(=O)n1[C@@H]1O[C@H]([C@@H](C)O)[C@H](O)C1(O)C#CCl. The van der Waals surface area contributed by atoms with Crippen LogP contribution in [0.15, 0.2) is 15.7 Å². The molecule has 1 unspecified atom stereocenters. The van der Waals surface area contributed by atoms with Crippen LogP contribution < -0.4 is 11.2 Å². The van der Waals surface area contributed by atoms with Gasteiger partial charge in [-0.15, -0.1) is 0 Å². The van der Waals surface area contributed by atoms with Crippen LogP contribution in [0.3, 0.4) is 0 Å². The first-order valence-electron chi connectivity index (χ1n) is 6.41. The van der Waals surface area contributed by atoms with E-state index in [1.165, 1.54) is 13.8 Å². The maximum Gasteiger partial charge on any atom is 0.330 e. The van der Waals surface area contributed by atoms with E-state index in [9.17, 15) is 24.9 Å². The number of hydrogen-bond acceptors (Lipinski definition) is 6. The lowest BCUT2D eigenvalue weighted by molar-refractivity contribution is -0.0892. The summed E-state index contributed by atoms with van der Waals surface area (Å²) in [5.74, 6) is 2.21. The minimum Gasteiger partial charge on any atom is -0.391 e. The molecule has 8 nitrogen and oxygen atoms in total. The minimum absolute atomic E-state index is 0.187. The number of halogens is 1. The van der Waals surface area contributed by atoms with Crippen LogP contribution in [0.25, 0.3) is 0 Å². The highest BCUT2D eigenvalue weighted by molar-refractivity contribution is 6.30. The second-order valence-corrected chi connectivity index (χ2v) is 5.32. The summed E-state index contributed by atoms with van der Waals surface area (Å²) in [6, 6.07) is 1.13. The first-order chi connectivity index (χ1) is 10.2. The smallest absolute Gasteiger partial charge is 0.330 e. The molecule has 1 saturated heterocycles. The number of H-pyrrole nitrogens is 1. The number of rotatable bonds is 2. The van der Waals surface area contributed by atoms with Gasteiger partial charge in [-0.05, 0) is 31.4 Å². The van der Waals surface area contributed by atoms with Crippen molar-refractivity contribution < 1.29 is 20.1 Å². The molecule has 1 aliphatic rings. The van der Waals surface area contributed by atoms with Gasteiger partial charge >= 0.3 is 5.69 Å². The van der Waals surface area contributed by atoms with Gasteiger partial charge in [0.2, 0.25) is 5.60 Å². The second-order valence-electron chi connectivity index (χ2n) is 5.13. The maximum atomic E-state index is 12.0. The lowest BCUT2D eigenvalue weighted by Gasteiger charge is -2.27. The Morgan fingerprint density at radius 1 is 1.55 bits per heavy atom. The van der Waals surface area contributed by atoms with Crippen LogP contribution in [0.2, 0.25) is 0 Å². The van der Waals surface area contributed by atoms with E-state index in [0.717, 1.165) is 10.6 Å². The number of aryl methyl sites for hydroxylation is 1. The fraction of sp³-hybridized carbons (Fsp3) is 0.538. The van der Waals surface area contributed by atoms with Crippen molar-refractivity contribution in [2.45, 2.75) is 44.0 Å². The average Bonchev–Trinajstić information content (AvgIpc) is 2.63. The Balaban J connectivity index is 2.64. The molecule has 120 valence electrons. The largest absolute Gasteiger partial charge is 0.391 e. The summed E-state index contributed by atoms with van der Waals surface area (Å²) in [7, 11) is 0. The molecule has 1 aliphatic heterocycles. The first kappa shape index (κ1) is 16.7. The number of ether oxygens (including phenoxy) is 1. The molecule has 2 rings (SSSR count). The minimum atomic E-state index is -2.23. The Bertz CT molecular complexity index is 745. The summed E-state index contributed by atoms with van der Waals surface area (Å²) >= 11 is 5.33. The summed E-state index contributed by atoms with van der Waals surface area (Å²) in [4.78, 5) is 25.3. The van der Waals surface area contributed by atoms with Gasteiger partial charge in [0.25, 0.3) is 5.56 Å². The van der Waals surface area contributed by atoms with Crippen LogP contribution in [0.1, 0.15) is 18.8 Å². The van der Waals surface area contributed by atoms with Gasteiger partial charge in [0, 0.05) is 17.1 Å². The van der Waals surface area contributed by atoms with Gasteiger partial charge in [-0.1, -0.05) is 0 Å². The Kier molecular flexibility index (Phi) is 4.47. The van der Waals surface area contributed by atoms with Crippen molar-refractivity contribution in [2.75, 3.05) is 0 Å². The van der Waals surface area contributed by atoms with E-state index < -0.39 is 41.4 Å². The highest BCUT2D eigenvalue weighted by atomic mass is 35.5. The zero-order valence-corrected chi connectivity index (χ0v) is 12.5. The fourth-order valence-electron chi connectivity index (χ4n) is 2.48. The van der Waals surface area contributed by atoms with Gasteiger partial charge in [-0.25, -0.2) is 4.79 Å². The maximum absolute atomic E-state index is 12.0. The molecule has 2 heterocycles. The molecule has 0 bridgehead atoms. The summed E-state index contributed by atoms with van der Waals surface area (Å²) in [5, 5.41) is 32.4. The normalized spacial score (nSPS) is 32.4. The molecule has 0 aliphatic carbocycles. The highest BCUT2D eigenvalue weighted by Crippen LogP contribution is 2.39. The molecular weight excluding hydrogens is 316 g/mol. The van der Waals surface area contributed by atoms with Crippen LogP contribution in [0.5, 0.6) is 0 Å². The van der Waals surface area contributed by atoms with Crippen molar-refractivity contribution in [3.8, 4) is 11.3 Å². The molecule has 4 N–H and O–H groups in total. The number of nitrogens with zero attached hydrogens (tertiary/aromatic N) is 1. The van der Waals surface area contributed by atoms with E-state index in [2.05, 4.69) is 5.92 Å². The molecular formula is C13H15ClN2O6. The summed E-state index contributed by atoms with van der Waals surface area (Å²) in [5.41, 5.74) is -3.50. The Morgan fingerprint density at radius 3 is 2.68 bits per heavy atom. The van der Waals surface area contributed by atoms with Gasteiger partial charge in [0.15, 0.2) is 6.23 Å². The monoisotopic (exact) mass is 330 g/mol. The summed E-state index contributed by atoms with van der Waals surface area (Å²) in [6.45, 7) is 2.81. The van der Waals surface area contributed by atoms with Gasteiger partial charge in [0.1, 0.15) is 12.2 Å². The van der Waals surface area contributed by atoms with Crippen molar-refractivity contribution >= 4 is 11.6 Å². The van der Waals surface area contributed by atoms with E-state index in [4.69, 9.17) is 16.3 Å². The highest BCUT2D eigenvalue weighted by Gasteiger charge is 2.57. The molecule has 22 heavy (non-hydrogen) atoms. The number of aliphatic hydroxyl groups excluding tert-OH is 2. The zero-order chi connectivity index (χ0) is 16.7.